The van der Waals surface area contributed by atoms with Crippen molar-refractivity contribution in [3.05, 3.63) is 10.6 Å². The molecular weight excluding hydrogens is 268 g/mol. The number of esters is 1. The van der Waals surface area contributed by atoms with E-state index in [0.29, 0.717) is 12.3 Å². The Hall–Kier alpha value is -0.310. The Balaban J connectivity index is 2.48. The molecule has 0 saturated carbocycles. The molecule has 2 unspecified atom stereocenters. The molecule has 16 heavy (non-hydrogen) atoms. The van der Waals surface area contributed by atoms with E-state index in [2.05, 4.69) is 35.9 Å². The van der Waals surface area contributed by atoms with E-state index in [1.165, 1.54) is 19.3 Å². The van der Waals surface area contributed by atoms with Gasteiger partial charge in [-0.25, -0.2) is 0 Å². The normalized spacial score (nSPS) is 23.3. The number of hydrogen-bond acceptors (Lipinski definition) is 2. The number of hydrogen-bond donors (Lipinski definition) is 0. The SMILES string of the molecule is CCCCC(/C=C(\Br)C1CCC(=O)O1)CC. The topological polar surface area (TPSA) is 26.3 Å². The van der Waals surface area contributed by atoms with Gasteiger partial charge in [-0.05, 0) is 25.2 Å². The van der Waals surface area contributed by atoms with Crippen molar-refractivity contribution < 1.29 is 9.53 Å². The number of unbranched alkanes of at least 4 members (excludes halogenated alkanes) is 1. The van der Waals surface area contributed by atoms with Gasteiger partial charge in [0, 0.05) is 10.9 Å². The molecule has 92 valence electrons. The smallest absolute Gasteiger partial charge is 0.306 e. The van der Waals surface area contributed by atoms with Gasteiger partial charge in [-0.2, -0.15) is 0 Å². The summed E-state index contributed by atoms with van der Waals surface area (Å²) in [5.41, 5.74) is 0. The van der Waals surface area contributed by atoms with Gasteiger partial charge in [0.25, 0.3) is 0 Å². The number of carbonyl (C=O) groups excluding carboxylic acids is 1. The summed E-state index contributed by atoms with van der Waals surface area (Å²) >= 11 is 3.55. The molecular formula is C13H21BrO2. The highest BCUT2D eigenvalue weighted by Crippen LogP contribution is 2.28. The van der Waals surface area contributed by atoms with E-state index in [4.69, 9.17) is 4.74 Å². The zero-order valence-corrected chi connectivity index (χ0v) is 11.8. The number of halogens is 1. The predicted molar refractivity (Wildman–Crippen MR) is 69.4 cm³/mol. The summed E-state index contributed by atoms with van der Waals surface area (Å²) < 4.78 is 6.28. The second-order valence-corrected chi connectivity index (χ2v) is 5.29. The Labute approximate surface area is 107 Å². The zero-order chi connectivity index (χ0) is 12.0. The van der Waals surface area contributed by atoms with E-state index in [-0.39, 0.29) is 12.1 Å². The molecule has 2 nitrogen and oxygen atoms in total. The van der Waals surface area contributed by atoms with Crippen molar-refractivity contribution in [2.75, 3.05) is 0 Å². The molecule has 1 heterocycles. The largest absolute Gasteiger partial charge is 0.457 e. The molecule has 2 atom stereocenters. The number of ether oxygens (including phenoxy) is 1. The summed E-state index contributed by atoms with van der Waals surface area (Å²) in [6, 6.07) is 0. The number of rotatable bonds is 6. The first-order valence-electron chi connectivity index (χ1n) is 6.24. The maximum Gasteiger partial charge on any atom is 0.306 e. The van der Waals surface area contributed by atoms with Crippen LogP contribution in [0.2, 0.25) is 0 Å². The summed E-state index contributed by atoms with van der Waals surface area (Å²) in [5.74, 6) is 0.533. The molecule has 0 aliphatic carbocycles. The third-order valence-corrected chi connectivity index (χ3v) is 3.81. The van der Waals surface area contributed by atoms with Crippen molar-refractivity contribution in [3.8, 4) is 0 Å². The molecule has 1 aliphatic rings. The quantitative estimate of drug-likeness (QED) is 0.685. The highest BCUT2D eigenvalue weighted by molar-refractivity contribution is 9.11. The standard InChI is InChI=1S/C13H21BrO2/c1-3-5-6-10(4-2)9-11(14)12-7-8-13(15)16-12/h9-10,12H,3-8H2,1-2H3/b11-9-. The van der Waals surface area contributed by atoms with Crippen molar-refractivity contribution in [2.45, 2.75) is 58.5 Å². The molecule has 0 N–H and O–H groups in total. The third-order valence-electron chi connectivity index (χ3n) is 3.04. The van der Waals surface area contributed by atoms with Crippen LogP contribution in [0.15, 0.2) is 10.6 Å². The lowest BCUT2D eigenvalue weighted by Crippen LogP contribution is -2.08. The van der Waals surface area contributed by atoms with E-state index in [1.807, 2.05) is 0 Å². The van der Waals surface area contributed by atoms with Crippen LogP contribution < -0.4 is 0 Å². The van der Waals surface area contributed by atoms with Gasteiger partial charge in [0.1, 0.15) is 6.10 Å². The van der Waals surface area contributed by atoms with Gasteiger partial charge in [0.05, 0.1) is 0 Å². The van der Waals surface area contributed by atoms with Gasteiger partial charge >= 0.3 is 5.97 Å². The van der Waals surface area contributed by atoms with Gasteiger partial charge in [-0.15, -0.1) is 0 Å². The average molecular weight is 289 g/mol. The van der Waals surface area contributed by atoms with Crippen LogP contribution in [0.4, 0.5) is 0 Å². The second kappa shape index (κ2) is 7.10. The Morgan fingerprint density at radius 2 is 2.38 bits per heavy atom. The Morgan fingerprint density at radius 1 is 1.62 bits per heavy atom. The van der Waals surface area contributed by atoms with Crippen LogP contribution in [0.1, 0.15) is 52.4 Å². The fourth-order valence-corrected chi connectivity index (χ4v) is 2.62. The van der Waals surface area contributed by atoms with Crippen LogP contribution in [0.25, 0.3) is 0 Å². The molecule has 0 spiro atoms. The lowest BCUT2D eigenvalue weighted by molar-refractivity contribution is -0.140. The van der Waals surface area contributed by atoms with Gasteiger partial charge in [0.15, 0.2) is 0 Å². The molecule has 3 heteroatoms. The third kappa shape index (κ3) is 4.28. The van der Waals surface area contributed by atoms with Crippen molar-refractivity contribution in [1.29, 1.82) is 0 Å². The lowest BCUT2D eigenvalue weighted by Gasteiger charge is -2.13. The highest BCUT2D eigenvalue weighted by atomic mass is 79.9. The molecule has 1 rings (SSSR count). The summed E-state index contributed by atoms with van der Waals surface area (Å²) in [5, 5.41) is 0. The Morgan fingerprint density at radius 3 is 2.88 bits per heavy atom. The van der Waals surface area contributed by atoms with Crippen LogP contribution in [-0.4, -0.2) is 12.1 Å². The van der Waals surface area contributed by atoms with E-state index < -0.39 is 0 Å². The molecule has 0 bridgehead atoms. The minimum absolute atomic E-state index is 0.0248. The zero-order valence-electron chi connectivity index (χ0n) is 10.2. The van der Waals surface area contributed by atoms with Gasteiger partial charge in [0.2, 0.25) is 0 Å². The fraction of sp³-hybridized carbons (Fsp3) is 0.769. The van der Waals surface area contributed by atoms with E-state index in [0.717, 1.165) is 17.3 Å². The molecule has 0 amide bonds. The van der Waals surface area contributed by atoms with Crippen LogP contribution in [0.5, 0.6) is 0 Å². The monoisotopic (exact) mass is 288 g/mol. The van der Waals surface area contributed by atoms with Crippen molar-refractivity contribution >= 4 is 21.9 Å². The molecule has 0 aromatic carbocycles. The fourth-order valence-electron chi connectivity index (χ4n) is 1.92. The summed E-state index contributed by atoms with van der Waals surface area (Å²) in [6.07, 6.45) is 8.46. The molecule has 0 aromatic heterocycles. The Bertz CT molecular complexity index is 261. The molecule has 0 radical (unpaired) electrons. The number of allylic oxidation sites excluding steroid dienone is 1. The van der Waals surface area contributed by atoms with Gasteiger partial charge < -0.3 is 4.74 Å². The van der Waals surface area contributed by atoms with Gasteiger partial charge in [-0.1, -0.05) is 48.7 Å². The van der Waals surface area contributed by atoms with E-state index >= 15 is 0 Å². The van der Waals surface area contributed by atoms with Gasteiger partial charge in [-0.3, -0.25) is 4.79 Å². The second-order valence-electron chi connectivity index (χ2n) is 4.38. The van der Waals surface area contributed by atoms with E-state index in [1.54, 1.807) is 0 Å². The van der Waals surface area contributed by atoms with Crippen LogP contribution in [0.3, 0.4) is 0 Å². The first-order valence-corrected chi connectivity index (χ1v) is 7.03. The molecule has 0 aromatic rings. The van der Waals surface area contributed by atoms with Crippen molar-refractivity contribution in [3.63, 3.8) is 0 Å². The summed E-state index contributed by atoms with van der Waals surface area (Å²) in [6.45, 7) is 4.42. The number of cyclic esters (lactones) is 1. The summed E-state index contributed by atoms with van der Waals surface area (Å²) in [4.78, 5) is 11.0. The first kappa shape index (κ1) is 13.8. The van der Waals surface area contributed by atoms with E-state index in [9.17, 15) is 4.79 Å². The van der Waals surface area contributed by atoms with Crippen molar-refractivity contribution in [2.24, 2.45) is 5.92 Å². The van der Waals surface area contributed by atoms with Crippen LogP contribution in [0, 0.1) is 5.92 Å². The molecule has 1 fully saturated rings. The molecule has 1 aliphatic heterocycles. The maximum absolute atomic E-state index is 11.0. The average Bonchev–Trinajstić information content (AvgIpc) is 2.70. The predicted octanol–water partition coefficient (Wildman–Crippen LogP) is 4.19. The highest BCUT2D eigenvalue weighted by Gasteiger charge is 2.25. The first-order chi connectivity index (χ1) is 7.67. The minimum atomic E-state index is -0.0723. The van der Waals surface area contributed by atoms with Crippen LogP contribution in [-0.2, 0) is 9.53 Å². The lowest BCUT2D eigenvalue weighted by atomic mass is 9.98. The Kier molecular flexibility index (Phi) is 6.10. The number of carbonyl (C=O) groups is 1. The maximum atomic E-state index is 11.0. The minimum Gasteiger partial charge on any atom is -0.457 e. The summed E-state index contributed by atoms with van der Waals surface area (Å²) in [7, 11) is 0. The van der Waals surface area contributed by atoms with Crippen molar-refractivity contribution in [1.82, 2.24) is 0 Å². The molecule has 1 saturated heterocycles. The van der Waals surface area contributed by atoms with Crippen LogP contribution >= 0.6 is 15.9 Å².